The van der Waals surface area contributed by atoms with Gasteiger partial charge in [-0.25, -0.2) is 8.78 Å². The third kappa shape index (κ3) is 3.12. The Kier molecular flexibility index (Phi) is 4.65. The van der Waals surface area contributed by atoms with Gasteiger partial charge in [0.25, 0.3) is 12.3 Å². The van der Waals surface area contributed by atoms with Gasteiger partial charge in [-0.2, -0.15) is 0 Å². The van der Waals surface area contributed by atoms with E-state index in [1.807, 2.05) is 6.92 Å². The lowest BCUT2D eigenvalue weighted by Gasteiger charge is -2.33. The van der Waals surface area contributed by atoms with Gasteiger partial charge in [0.05, 0.1) is 6.04 Å². The van der Waals surface area contributed by atoms with E-state index >= 15 is 0 Å². The van der Waals surface area contributed by atoms with Crippen molar-refractivity contribution >= 4 is 5.91 Å². The molecule has 1 unspecified atom stereocenters. The van der Waals surface area contributed by atoms with Gasteiger partial charge < -0.3 is 10.6 Å². The maximum absolute atomic E-state index is 12.5. The Bertz CT molecular complexity index is 464. The number of carbonyl (C=O) groups excluding carboxylic acids is 1. The summed E-state index contributed by atoms with van der Waals surface area (Å²) >= 11 is 0. The van der Waals surface area contributed by atoms with Crippen LogP contribution in [0, 0.1) is 0 Å². The monoisotopic (exact) mass is 283 g/mol. The summed E-state index contributed by atoms with van der Waals surface area (Å²) in [7, 11) is 0. The highest BCUT2D eigenvalue weighted by Crippen LogP contribution is 2.20. The first-order chi connectivity index (χ1) is 9.50. The molecule has 6 heteroatoms. The molecule has 1 fully saturated rings. The third-order valence-electron chi connectivity index (χ3n) is 3.73. The Labute approximate surface area is 117 Å². The largest absolute Gasteiger partial charge is 0.335 e. The molecule has 1 saturated heterocycles. The average molecular weight is 283 g/mol. The molecular formula is C14H19F2N3O. The van der Waals surface area contributed by atoms with E-state index in [0.29, 0.717) is 0 Å². The number of piperidine rings is 1. The van der Waals surface area contributed by atoms with Gasteiger partial charge in [-0.3, -0.25) is 9.78 Å². The Morgan fingerprint density at radius 2 is 2.20 bits per heavy atom. The summed E-state index contributed by atoms with van der Waals surface area (Å²) in [6.45, 7) is 2.73. The molecule has 0 radical (unpaired) electrons. The molecule has 1 aliphatic rings. The number of amides is 1. The number of rotatable bonds is 3. The van der Waals surface area contributed by atoms with Crippen LogP contribution in [0.25, 0.3) is 0 Å². The van der Waals surface area contributed by atoms with Crippen molar-refractivity contribution in [1.29, 1.82) is 0 Å². The zero-order chi connectivity index (χ0) is 14.7. The first-order valence-electron chi connectivity index (χ1n) is 6.81. The highest BCUT2D eigenvalue weighted by Gasteiger charge is 2.25. The number of nitrogens with two attached hydrogens (primary N) is 1. The molecule has 2 atom stereocenters. The van der Waals surface area contributed by atoms with Crippen LogP contribution in [0.1, 0.15) is 48.3 Å². The van der Waals surface area contributed by atoms with Crippen LogP contribution in [0.4, 0.5) is 8.78 Å². The van der Waals surface area contributed by atoms with Gasteiger partial charge in [0, 0.05) is 18.8 Å². The summed E-state index contributed by atoms with van der Waals surface area (Å²) in [5, 5.41) is 0. The van der Waals surface area contributed by atoms with Crippen molar-refractivity contribution in [2.24, 2.45) is 5.73 Å². The summed E-state index contributed by atoms with van der Waals surface area (Å²) in [5.41, 5.74) is 5.86. The van der Waals surface area contributed by atoms with Crippen molar-refractivity contribution in [1.82, 2.24) is 9.88 Å². The highest BCUT2D eigenvalue weighted by atomic mass is 19.3. The zero-order valence-corrected chi connectivity index (χ0v) is 11.4. The molecule has 1 amide bonds. The van der Waals surface area contributed by atoms with E-state index in [9.17, 15) is 13.6 Å². The molecule has 0 spiro atoms. The second-order valence-corrected chi connectivity index (χ2v) is 5.18. The maximum Gasteiger partial charge on any atom is 0.272 e. The van der Waals surface area contributed by atoms with Crippen LogP contribution < -0.4 is 5.73 Å². The second-order valence-electron chi connectivity index (χ2n) is 5.18. The minimum absolute atomic E-state index is 0.144. The van der Waals surface area contributed by atoms with E-state index in [4.69, 9.17) is 5.73 Å². The quantitative estimate of drug-likeness (QED) is 0.926. The Balaban J connectivity index is 2.11. The van der Waals surface area contributed by atoms with Crippen LogP contribution in [0.3, 0.4) is 0 Å². The van der Waals surface area contributed by atoms with Crippen LogP contribution in [-0.2, 0) is 0 Å². The highest BCUT2D eigenvalue weighted by molar-refractivity contribution is 5.92. The molecule has 1 aromatic rings. The van der Waals surface area contributed by atoms with Crippen molar-refractivity contribution in [3.05, 3.63) is 29.6 Å². The summed E-state index contributed by atoms with van der Waals surface area (Å²) in [4.78, 5) is 18.1. The molecule has 0 bridgehead atoms. The molecule has 2 rings (SSSR count). The van der Waals surface area contributed by atoms with Crippen molar-refractivity contribution in [3.63, 3.8) is 0 Å². The maximum atomic E-state index is 12.5. The summed E-state index contributed by atoms with van der Waals surface area (Å²) in [6.07, 6.45) is 1.73. The van der Waals surface area contributed by atoms with E-state index < -0.39 is 12.5 Å². The molecule has 20 heavy (non-hydrogen) atoms. The SMILES string of the molecule is C[C@H]1CCCCN1C(=O)c1ccc(C(N)C(F)F)cn1. The van der Waals surface area contributed by atoms with E-state index in [0.717, 1.165) is 25.8 Å². The van der Waals surface area contributed by atoms with E-state index in [-0.39, 0.29) is 23.2 Å². The number of aromatic nitrogens is 1. The smallest absolute Gasteiger partial charge is 0.272 e. The molecule has 0 aromatic carbocycles. The zero-order valence-electron chi connectivity index (χ0n) is 11.4. The van der Waals surface area contributed by atoms with Crippen LogP contribution >= 0.6 is 0 Å². The van der Waals surface area contributed by atoms with Crippen molar-refractivity contribution in [3.8, 4) is 0 Å². The van der Waals surface area contributed by atoms with Gasteiger partial charge >= 0.3 is 0 Å². The Hall–Kier alpha value is -1.56. The van der Waals surface area contributed by atoms with Crippen LogP contribution in [0.15, 0.2) is 18.3 Å². The fourth-order valence-electron chi connectivity index (χ4n) is 2.42. The summed E-state index contributed by atoms with van der Waals surface area (Å²) in [6, 6.07) is 1.76. The van der Waals surface area contributed by atoms with E-state index in [1.165, 1.54) is 18.3 Å². The minimum Gasteiger partial charge on any atom is -0.335 e. The lowest BCUT2D eigenvalue weighted by molar-refractivity contribution is 0.0629. The third-order valence-corrected chi connectivity index (χ3v) is 3.73. The van der Waals surface area contributed by atoms with Crippen LogP contribution in [0.5, 0.6) is 0 Å². The predicted octanol–water partition coefficient (Wildman–Crippen LogP) is 2.36. The fourth-order valence-corrected chi connectivity index (χ4v) is 2.42. The Morgan fingerprint density at radius 1 is 1.45 bits per heavy atom. The first kappa shape index (κ1) is 14.8. The number of carbonyl (C=O) groups is 1. The Morgan fingerprint density at radius 3 is 2.75 bits per heavy atom. The number of hydrogen-bond donors (Lipinski definition) is 1. The van der Waals surface area contributed by atoms with Crippen molar-refractivity contribution in [2.45, 2.75) is 44.7 Å². The molecule has 0 saturated carbocycles. The summed E-state index contributed by atoms with van der Waals surface area (Å²) in [5.74, 6) is -0.144. The van der Waals surface area contributed by atoms with E-state index in [2.05, 4.69) is 4.98 Å². The molecule has 2 N–H and O–H groups in total. The lowest BCUT2D eigenvalue weighted by atomic mass is 10.0. The first-order valence-corrected chi connectivity index (χ1v) is 6.81. The van der Waals surface area contributed by atoms with Gasteiger partial charge in [0.15, 0.2) is 0 Å². The molecule has 2 heterocycles. The molecular weight excluding hydrogens is 264 g/mol. The van der Waals surface area contributed by atoms with Crippen molar-refractivity contribution in [2.75, 3.05) is 6.54 Å². The molecule has 110 valence electrons. The molecule has 4 nitrogen and oxygen atoms in total. The number of nitrogens with zero attached hydrogens (tertiary/aromatic N) is 2. The average Bonchev–Trinajstić information content (AvgIpc) is 2.46. The topological polar surface area (TPSA) is 59.2 Å². The van der Waals surface area contributed by atoms with Crippen LogP contribution in [-0.4, -0.2) is 34.8 Å². The minimum atomic E-state index is -2.64. The molecule has 1 aromatic heterocycles. The van der Waals surface area contributed by atoms with Crippen molar-refractivity contribution < 1.29 is 13.6 Å². The molecule has 0 aliphatic carbocycles. The van der Waals surface area contributed by atoms with Gasteiger partial charge in [-0.1, -0.05) is 6.07 Å². The van der Waals surface area contributed by atoms with Crippen LogP contribution in [0.2, 0.25) is 0 Å². The van der Waals surface area contributed by atoms with Gasteiger partial charge in [-0.05, 0) is 37.8 Å². The lowest BCUT2D eigenvalue weighted by Crippen LogP contribution is -2.42. The second kappa shape index (κ2) is 6.26. The number of hydrogen-bond acceptors (Lipinski definition) is 3. The van der Waals surface area contributed by atoms with Gasteiger partial charge in [-0.15, -0.1) is 0 Å². The predicted molar refractivity (Wildman–Crippen MR) is 71.5 cm³/mol. The number of pyridine rings is 1. The van der Waals surface area contributed by atoms with E-state index in [1.54, 1.807) is 4.90 Å². The van der Waals surface area contributed by atoms with Gasteiger partial charge in [0.1, 0.15) is 5.69 Å². The normalized spacial score (nSPS) is 21.1. The van der Waals surface area contributed by atoms with Gasteiger partial charge in [0.2, 0.25) is 0 Å². The number of halogens is 2. The fraction of sp³-hybridized carbons (Fsp3) is 0.571. The molecule has 1 aliphatic heterocycles. The standard InChI is InChI=1S/C14H19F2N3O/c1-9-4-2-3-7-19(9)14(20)11-6-5-10(8-18-11)12(17)13(15)16/h5-6,8-9,12-13H,2-4,7,17H2,1H3/t9-,12?/m0/s1. The number of likely N-dealkylation sites (tertiary alicyclic amines) is 1. The summed E-state index contributed by atoms with van der Waals surface area (Å²) < 4.78 is 25.0. The number of alkyl halides is 2.